The molecule has 6 heteroatoms. The number of hydrogen-bond donors (Lipinski definition) is 1. The number of benzene rings is 1. The zero-order valence-corrected chi connectivity index (χ0v) is 10.8. The highest BCUT2D eigenvalue weighted by atomic mass is 16.5. The van der Waals surface area contributed by atoms with E-state index in [9.17, 15) is 0 Å². The van der Waals surface area contributed by atoms with E-state index in [4.69, 9.17) is 4.52 Å². The van der Waals surface area contributed by atoms with Crippen molar-refractivity contribution in [2.45, 2.75) is 6.42 Å². The number of hydrogen-bond acceptors (Lipinski definition) is 6. The van der Waals surface area contributed by atoms with E-state index >= 15 is 0 Å². The molecule has 20 heavy (non-hydrogen) atoms. The molecule has 0 spiro atoms. The zero-order valence-electron chi connectivity index (χ0n) is 10.8. The lowest BCUT2D eigenvalue weighted by atomic mass is 10.00. The predicted octanol–water partition coefficient (Wildman–Crippen LogP) is 1.44. The molecule has 1 fully saturated rings. The van der Waals surface area contributed by atoms with Crippen molar-refractivity contribution in [3.8, 4) is 11.4 Å². The molecule has 2 aromatic heterocycles. The molecule has 100 valence electrons. The summed E-state index contributed by atoms with van der Waals surface area (Å²) in [6.45, 7) is 2.06. The summed E-state index contributed by atoms with van der Waals surface area (Å²) in [5.41, 5.74) is 2.60. The Morgan fingerprint density at radius 3 is 2.80 bits per heavy atom. The molecule has 3 aromatic rings. The van der Waals surface area contributed by atoms with Gasteiger partial charge in [0.15, 0.2) is 0 Å². The van der Waals surface area contributed by atoms with Crippen LogP contribution in [0, 0.1) is 5.92 Å². The molecule has 0 bridgehead atoms. The minimum absolute atomic E-state index is 0.611. The highest BCUT2D eigenvalue weighted by molar-refractivity contribution is 5.79. The van der Waals surface area contributed by atoms with Crippen molar-refractivity contribution in [3.05, 3.63) is 36.5 Å². The Balaban J connectivity index is 1.64. The highest BCUT2D eigenvalue weighted by Gasteiger charge is 2.20. The molecule has 1 saturated heterocycles. The van der Waals surface area contributed by atoms with Crippen LogP contribution < -0.4 is 5.32 Å². The second-order valence-electron chi connectivity index (χ2n) is 5.00. The van der Waals surface area contributed by atoms with Crippen molar-refractivity contribution in [2.75, 3.05) is 13.1 Å². The number of rotatable bonds is 3. The van der Waals surface area contributed by atoms with E-state index in [0.29, 0.717) is 17.6 Å². The SMILES string of the molecule is c1cnc2cc(-c3noc(CC4CNC4)n3)ccc2n1. The van der Waals surface area contributed by atoms with Crippen LogP contribution in [0.5, 0.6) is 0 Å². The van der Waals surface area contributed by atoms with Crippen molar-refractivity contribution in [1.82, 2.24) is 25.4 Å². The third kappa shape index (κ3) is 2.04. The molecule has 1 aliphatic rings. The summed E-state index contributed by atoms with van der Waals surface area (Å²) in [5.74, 6) is 1.93. The van der Waals surface area contributed by atoms with Crippen LogP contribution >= 0.6 is 0 Å². The van der Waals surface area contributed by atoms with Crippen LogP contribution in [-0.4, -0.2) is 33.2 Å². The summed E-state index contributed by atoms with van der Waals surface area (Å²) < 4.78 is 5.31. The average molecular weight is 267 g/mol. The van der Waals surface area contributed by atoms with E-state index in [1.54, 1.807) is 12.4 Å². The summed E-state index contributed by atoms with van der Waals surface area (Å²) in [4.78, 5) is 13.0. The second-order valence-corrected chi connectivity index (χ2v) is 5.00. The van der Waals surface area contributed by atoms with Crippen LogP contribution in [0.25, 0.3) is 22.4 Å². The van der Waals surface area contributed by atoms with Gasteiger partial charge in [-0.15, -0.1) is 0 Å². The van der Waals surface area contributed by atoms with Crippen molar-refractivity contribution >= 4 is 11.0 Å². The van der Waals surface area contributed by atoms with Crippen LogP contribution in [0.15, 0.2) is 35.1 Å². The summed E-state index contributed by atoms with van der Waals surface area (Å²) in [6.07, 6.45) is 4.20. The van der Waals surface area contributed by atoms with Gasteiger partial charge in [-0.2, -0.15) is 4.98 Å². The van der Waals surface area contributed by atoms with Crippen LogP contribution in [0.4, 0.5) is 0 Å². The van der Waals surface area contributed by atoms with Crippen LogP contribution in [0.1, 0.15) is 5.89 Å². The fourth-order valence-electron chi connectivity index (χ4n) is 2.30. The van der Waals surface area contributed by atoms with Gasteiger partial charge in [0, 0.05) is 24.4 Å². The Kier molecular flexibility index (Phi) is 2.67. The molecule has 4 rings (SSSR count). The van der Waals surface area contributed by atoms with E-state index in [1.165, 1.54) is 0 Å². The lowest BCUT2D eigenvalue weighted by molar-refractivity contribution is 0.296. The van der Waals surface area contributed by atoms with Crippen molar-refractivity contribution < 1.29 is 4.52 Å². The van der Waals surface area contributed by atoms with E-state index in [2.05, 4.69) is 25.4 Å². The molecule has 6 nitrogen and oxygen atoms in total. The number of aromatic nitrogens is 4. The Hall–Kier alpha value is -2.34. The van der Waals surface area contributed by atoms with Crippen LogP contribution in [-0.2, 0) is 6.42 Å². The van der Waals surface area contributed by atoms with Crippen molar-refractivity contribution in [3.63, 3.8) is 0 Å². The van der Waals surface area contributed by atoms with Gasteiger partial charge in [0.05, 0.1) is 11.0 Å². The summed E-state index contributed by atoms with van der Waals surface area (Å²) >= 11 is 0. The average Bonchev–Trinajstić information content (AvgIpc) is 2.91. The van der Waals surface area contributed by atoms with Crippen molar-refractivity contribution in [1.29, 1.82) is 0 Å². The maximum atomic E-state index is 5.31. The molecule has 1 aliphatic heterocycles. The van der Waals surface area contributed by atoms with Gasteiger partial charge < -0.3 is 9.84 Å². The fourth-order valence-corrected chi connectivity index (χ4v) is 2.30. The summed E-state index contributed by atoms with van der Waals surface area (Å²) in [6, 6.07) is 5.79. The monoisotopic (exact) mass is 267 g/mol. The molecule has 0 amide bonds. The summed E-state index contributed by atoms with van der Waals surface area (Å²) in [5, 5.41) is 7.28. The first-order valence-corrected chi connectivity index (χ1v) is 6.63. The first kappa shape index (κ1) is 11.5. The Morgan fingerprint density at radius 1 is 1.15 bits per heavy atom. The largest absolute Gasteiger partial charge is 0.339 e. The molecular weight excluding hydrogens is 254 g/mol. The lowest BCUT2D eigenvalue weighted by Crippen LogP contribution is -2.43. The fraction of sp³-hybridized carbons (Fsp3) is 0.286. The standard InChI is InChI=1S/C14H13N5O/c1-2-11-12(17-4-3-16-11)6-10(1)14-18-13(20-19-14)5-9-7-15-8-9/h1-4,6,9,15H,5,7-8H2. The molecule has 0 saturated carbocycles. The first-order chi connectivity index (χ1) is 9.88. The quantitative estimate of drug-likeness (QED) is 0.773. The van der Waals surface area contributed by atoms with Gasteiger partial charge in [-0.3, -0.25) is 9.97 Å². The third-order valence-corrected chi connectivity index (χ3v) is 3.52. The van der Waals surface area contributed by atoms with Gasteiger partial charge in [0.25, 0.3) is 0 Å². The van der Waals surface area contributed by atoms with E-state index in [0.717, 1.165) is 36.1 Å². The molecule has 3 heterocycles. The smallest absolute Gasteiger partial charge is 0.227 e. The summed E-state index contributed by atoms with van der Waals surface area (Å²) in [7, 11) is 0. The van der Waals surface area contributed by atoms with Gasteiger partial charge in [-0.1, -0.05) is 5.16 Å². The van der Waals surface area contributed by atoms with Gasteiger partial charge in [0.1, 0.15) is 0 Å². The van der Waals surface area contributed by atoms with Crippen LogP contribution in [0.2, 0.25) is 0 Å². The van der Waals surface area contributed by atoms with Gasteiger partial charge in [0.2, 0.25) is 11.7 Å². The minimum atomic E-state index is 0.611. The van der Waals surface area contributed by atoms with E-state index in [1.807, 2.05) is 18.2 Å². The Bertz CT molecular complexity index is 750. The van der Waals surface area contributed by atoms with E-state index < -0.39 is 0 Å². The molecular formula is C14H13N5O. The third-order valence-electron chi connectivity index (χ3n) is 3.52. The molecule has 0 aliphatic carbocycles. The topological polar surface area (TPSA) is 76.7 Å². The molecule has 1 aromatic carbocycles. The number of fused-ring (bicyclic) bond motifs is 1. The number of nitrogens with zero attached hydrogens (tertiary/aromatic N) is 4. The van der Waals surface area contributed by atoms with Gasteiger partial charge in [-0.25, -0.2) is 0 Å². The van der Waals surface area contributed by atoms with Gasteiger partial charge >= 0.3 is 0 Å². The molecule has 0 atom stereocenters. The minimum Gasteiger partial charge on any atom is -0.339 e. The van der Waals surface area contributed by atoms with Crippen molar-refractivity contribution in [2.24, 2.45) is 5.92 Å². The predicted molar refractivity (Wildman–Crippen MR) is 72.9 cm³/mol. The Morgan fingerprint density at radius 2 is 2.00 bits per heavy atom. The van der Waals surface area contributed by atoms with E-state index in [-0.39, 0.29) is 0 Å². The lowest BCUT2D eigenvalue weighted by Gasteiger charge is -2.25. The molecule has 1 N–H and O–H groups in total. The maximum absolute atomic E-state index is 5.31. The Labute approximate surface area is 115 Å². The molecule has 0 radical (unpaired) electrons. The highest BCUT2D eigenvalue weighted by Crippen LogP contribution is 2.21. The number of nitrogens with one attached hydrogen (secondary N) is 1. The van der Waals surface area contributed by atoms with Gasteiger partial charge in [-0.05, 0) is 37.2 Å². The zero-order chi connectivity index (χ0) is 13.4. The second kappa shape index (κ2) is 4.64. The first-order valence-electron chi connectivity index (χ1n) is 6.63. The maximum Gasteiger partial charge on any atom is 0.227 e. The normalized spacial score (nSPS) is 15.4. The molecule has 0 unspecified atom stereocenters. The van der Waals surface area contributed by atoms with Crippen LogP contribution in [0.3, 0.4) is 0 Å².